The van der Waals surface area contributed by atoms with E-state index in [9.17, 15) is 4.79 Å². The molecule has 0 aliphatic rings. The zero-order valence-corrected chi connectivity index (χ0v) is 16.0. The highest BCUT2D eigenvalue weighted by molar-refractivity contribution is 6.30. The van der Waals surface area contributed by atoms with Crippen LogP contribution in [0, 0.1) is 0 Å². The SMILES string of the molecule is O=C(CCc1ncc(-c2ccc(Cl)cc2)o1)NCCOc1ccc(Cl)cc1. The molecule has 0 saturated carbocycles. The van der Waals surface area contributed by atoms with E-state index in [0.717, 1.165) is 5.56 Å². The first kappa shape index (κ1) is 19.3. The Kier molecular flexibility index (Phi) is 6.74. The summed E-state index contributed by atoms with van der Waals surface area (Å²) in [6.07, 6.45) is 2.37. The number of aromatic nitrogens is 1. The zero-order chi connectivity index (χ0) is 19.1. The zero-order valence-electron chi connectivity index (χ0n) is 14.5. The summed E-state index contributed by atoms with van der Waals surface area (Å²) in [6.45, 7) is 0.802. The van der Waals surface area contributed by atoms with Crippen LogP contribution in [0.5, 0.6) is 5.75 Å². The Labute approximate surface area is 167 Å². The van der Waals surface area contributed by atoms with Crippen molar-refractivity contribution in [2.24, 2.45) is 0 Å². The average Bonchev–Trinajstić information content (AvgIpc) is 3.14. The van der Waals surface area contributed by atoms with Crippen molar-refractivity contribution in [2.75, 3.05) is 13.2 Å². The van der Waals surface area contributed by atoms with E-state index < -0.39 is 0 Å². The summed E-state index contributed by atoms with van der Waals surface area (Å²) in [5, 5.41) is 4.12. The predicted molar refractivity (Wildman–Crippen MR) is 105 cm³/mol. The van der Waals surface area contributed by atoms with Crippen LogP contribution < -0.4 is 10.1 Å². The van der Waals surface area contributed by atoms with Crippen molar-refractivity contribution in [1.29, 1.82) is 0 Å². The van der Waals surface area contributed by atoms with Crippen LogP contribution in [0.15, 0.2) is 59.1 Å². The van der Waals surface area contributed by atoms with Gasteiger partial charge in [0, 0.05) is 28.5 Å². The number of aryl methyl sites for hydroxylation is 1. The highest BCUT2D eigenvalue weighted by Crippen LogP contribution is 2.22. The lowest BCUT2D eigenvalue weighted by molar-refractivity contribution is -0.121. The summed E-state index contributed by atoms with van der Waals surface area (Å²) in [5.74, 6) is 1.80. The number of hydrogen-bond donors (Lipinski definition) is 1. The number of oxazole rings is 1. The fourth-order valence-electron chi connectivity index (χ4n) is 2.37. The normalized spacial score (nSPS) is 10.6. The van der Waals surface area contributed by atoms with Crippen LogP contribution in [-0.2, 0) is 11.2 Å². The number of carbonyl (C=O) groups is 1. The summed E-state index contributed by atoms with van der Waals surface area (Å²) < 4.78 is 11.2. The molecule has 0 atom stereocenters. The molecule has 0 fully saturated rings. The summed E-state index contributed by atoms with van der Waals surface area (Å²) in [6, 6.07) is 14.4. The molecule has 3 aromatic rings. The first-order valence-corrected chi connectivity index (χ1v) is 9.21. The van der Waals surface area contributed by atoms with Crippen molar-refractivity contribution in [3.63, 3.8) is 0 Å². The van der Waals surface area contributed by atoms with Gasteiger partial charge in [0.05, 0.1) is 12.7 Å². The number of hydrogen-bond acceptors (Lipinski definition) is 4. The van der Waals surface area contributed by atoms with E-state index in [1.807, 2.05) is 12.1 Å². The fraction of sp³-hybridized carbons (Fsp3) is 0.200. The van der Waals surface area contributed by atoms with Crippen molar-refractivity contribution in [3.05, 3.63) is 70.7 Å². The van der Waals surface area contributed by atoms with E-state index in [2.05, 4.69) is 10.3 Å². The Balaban J connectivity index is 1.38. The second kappa shape index (κ2) is 9.44. The second-order valence-corrected chi connectivity index (χ2v) is 6.65. The maximum atomic E-state index is 11.9. The minimum Gasteiger partial charge on any atom is -0.492 e. The molecule has 1 aromatic heterocycles. The van der Waals surface area contributed by atoms with Gasteiger partial charge in [-0.15, -0.1) is 0 Å². The molecule has 3 rings (SSSR count). The molecule has 0 aliphatic heterocycles. The van der Waals surface area contributed by atoms with E-state index in [0.29, 0.717) is 53.4 Å². The average molecular weight is 405 g/mol. The monoisotopic (exact) mass is 404 g/mol. The molecule has 0 unspecified atom stereocenters. The maximum absolute atomic E-state index is 11.9. The lowest BCUT2D eigenvalue weighted by Gasteiger charge is -2.07. The highest BCUT2D eigenvalue weighted by atomic mass is 35.5. The molecule has 140 valence electrons. The third-order valence-corrected chi connectivity index (χ3v) is 4.26. The van der Waals surface area contributed by atoms with Crippen LogP contribution in [0.25, 0.3) is 11.3 Å². The molecule has 1 N–H and O–H groups in total. The van der Waals surface area contributed by atoms with Crippen LogP contribution in [0.3, 0.4) is 0 Å². The van der Waals surface area contributed by atoms with Crippen LogP contribution in [-0.4, -0.2) is 24.0 Å². The highest BCUT2D eigenvalue weighted by Gasteiger charge is 2.09. The number of amides is 1. The summed E-state index contributed by atoms with van der Waals surface area (Å²) in [4.78, 5) is 16.1. The van der Waals surface area contributed by atoms with Gasteiger partial charge in [0.2, 0.25) is 5.91 Å². The van der Waals surface area contributed by atoms with E-state index in [-0.39, 0.29) is 5.91 Å². The van der Waals surface area contributed by atoms with Crippen LogP contribution in [0.4, 0.5) is 0 Å². The number of rotatable bonds is 8. The smallest absolute Gasteiger partial charge is 0.220 e. The largest absolute Gasteiger partial charge is 0.492 e. The molecule has 0 spiro atoms. The maximum Gasteiger partial charge on any atom is 0.220 e. The van der Waals surface area contributed by atoms with Crippen LogP contribution in [0.2, 0.25) is 10.0 Å². The fourth-order valence-corrected chi connectivity index (χ4v) is 2.62. The van der Waals surface area contributed by atoms with E-state index in [4.69, 9.17) is 32.4 Å². The quantitative estimate of drug-likeness (QED) is 0.548. The van der Waals surface area contributed by atoms with Crippen molar-refractivity contribution < 1.29 is 13.9 Å². The standard InChI is InChI=1S/C20H18Cl2N2O3/c21-15-3-1-14(2-4-15)18-13-24-20(27-18)10-9-19(25)23-11-12-26-17-7-5-16(22)6-8-17/h1-8,13H,9-12H2,(H,23,25). The van der Waals surface area contributed by atoms with Crippen molar-refractivity contribution >= 4 is 29.1 Å². The second-order valence-electron chi connectivity index (χ2n) is 5.78. The van der Waals surface area contributed by atoms with Gasteiger partial charge in [-0.25, -0.2) is 4.98 Å². The number of benzene rings is 2. The third kappa shape index (κ3) is 6.01. The van der Waals surface area contributed by atoms with Gasteiger partial charge >= 0.3 is 0 Å². The van der Waals surface area contributed by atoms with Crippen molar-refractivity contribution in [3.8, 4) is 17.1 Å². The Morgan fingerprint density at radius 3 is 2.41 bits per heavy atom. The van der Waals surface area contributed by atoms with E-state index >= 15 is 0 Å². The minimum absolute atomic E-state index is 0.0825. The molecule has 5 nitrogen and oxygen atoms in total. The number of nitrogens with zero attached hydrogens (tertiary/aromatic N) is 1. The lowest BCUT2D eigenvalue weighted by atomic mass is 10.2. The number of halogens is 2. The number of nitrogens with one attached hydrogen (secondary N) is 1. The molecule has 0 aliphatic carbocycles. The van der Waals surface area contributed by atoms with Gasteiger partial charge in [-0.1, -0.05) is 23.2 Å². The van der Waals surface area contributed by atoms with Gasteiger partial charge in [-0.2, -0.15) is 0 Å². The van der Waals surface area contributed by atoms with Crippen molar-refractivity contribution in [2.45, 2.75) is 12.8 Å². The minimum atomic E-state index is -0.0825. The summed E-state index contributed by atoms with van der Waals surface area (Å²) in [7, 11) is 0. The molecule has 7 heteroatoms. The van der Waals surface area contributed by atoms with Gasteiger partial charge in [0.1, 0.15) is 12.4 Å². The Morgan fingerprint density at radius 2 is 1.70 bits per heavy atom. The third-order valence-electron chi connectivity index (χ3n) is 3.75. The lowest BCUT2D eigenvalue weighted by Crippen LogP contribution is -2.28. The summed E-state index contributed by atoms with van der Waals surface area (Å²) in [5.41, 5.74) is 0.891. The van der Waals surface area contributed by atoms with Crippen molar-refractivity contribution in [1.82, 2.24) is 10.3 Å². The number of carbonyl (C=O) groups excluding carboxylic acids is 1. The van der Waals surface area contributed by atoms with Gasteiger partial charge in [-0.05, 0) is 48.5 Å². The van der Waals surface area contributed by atoms with Gasteiger partial charge in [0.15, 0.2) is 11.7 Å². The molecule has 1 amide bonds. The molecular formula is C20H18Cl2N2O3. The Bertz CT molecular complexity index is 877. The topological polar surface area (TPSA) is 64.4 Å². The van der Waals surface area contributed by atoms with E-state index in [1.54, 1.807) is 42.6 Å². The van der Waals surface area contributed by atoms with Gasteiger partial charge in [0.25, 0.3) is 0 Å². The van der Waals surface area contributed by atoms with Crippen LogP contribution >= 0.6 is 23.2 Å². The van der Waals surface area contributed by atoms with Crippen LogP contribution in [0.1, 0.15) is 12.3 Å². The summed E-state index contributed by atoms with van der Waals surface area (Å²) >= 11 is 11.7. The Morgan fingerprint density at radius 1 is 1.04 bits per heavy atom. The van der Waals surface area contributed by atoms with Gasteiger partial charge < -0.3 is 14.5 Å². The molecule has 1 heterocycles. The molecule has 2 aromatic carbocycles. The molecule has 0 saturated heterocycles. The first-order chi connectivity index (χ1) is 13.1. The first-order valence-electron chi connectivity index (χ1n) is 8.46. The molecule has 0 bridgehead atoms. The Hall–Kier alpha value is -2.50. The molecule has 27 heavy (non-hydrogen) atoms. The number of ether oxygens (including phenoxy) is 1. The predicted octanol–water partition coefficient (Wildman–Crippen LogP) is 4.78. The van der Waals surface area contributed by atoms with E-state index in [1.165, 1.54) is 0 Å². The molecular weight excluding hydrogens is 387 g/mol. The van der Waals surface area contributed by atoms with Gasteiger partial charge in [-0.3, -0.25) is 4.79 Å². The molecule has 0 radical (unpaired) electrons.